The third kappa shape index (κ3) is 5.68. The first-order valence-corrected chi connectivity index (χ1v) is 12.0. The lowest BCUT2D eigenvalue weighted by molar-refractivity contribution is 0.137. The quantitative estimate of drug-likeness (QED) is 0.390. The Morgan fingerprint density at radius 2 is 1.25 bits per heavy atom. The summed E-state index contributed by atoms with van der Waals surface area (Å²) in [4.78, 5) is 0.0882. The lowest BCUT2D eigenvalue weighted by Crippen LogP contribution is -2.42. The predicted octanol–water partition coefficient (Wildman–Crippen LogP) is 3.77. The molecule has 0 aliphatic rings. The standard InChI is InChI=1S/C25H29NO5S/c1-17(16-24(29)25(26)32(30,31)22-5-3-2-4-6-22)15-23(18-7-11-20(27)12-8-18)19-9-13-21(28)14-10-19/h2-14,17,23-25,27-29H,15-16,26H2,1H3/t17?,24-,25?/m0/s1. The van der Waals surface area contributed by atoms with E-state index in [9.17, 15) is 23.7 Å². The average Bonchev–Trinajstić information content (AvgIpc) is 2.79. The Morgan fingerprint density at radius 1 is 0.781 bits per heavy atom. The van der Waals surface area contributed by atoms with Crippen LogP contribution in [0.3, 0.4) is 0 Å². The zero-order chi connectivity index (χ0) is 23.3. The summed E-state index contributed by atoms with van der Waals surface area (Å²) in [7, 11) is -3.85. The third-order valence-electron chi connectivity index (χ3n) is 5.68. The molecule has 170 valence electrons. The van der Waals surface area contributed by atoms with Gasteiger partial charge in [0, 0.05) is 5.92 Å². The van der Waals surface area contributed by atoms with Gasteiger partial charge < -0.3 is 21.1 Å². The van der Waals surface area contributed by atoms with Gasteiger partial charge in [0.15, 0.2) is 9.84 Å². The molecule has 0 aliphatic heterocycles. The molecule has 0 saturated heterocycles. The number of rotatable bonds is 9. The molecule has 7 heteroatoms. The fraction of sp³-hybridized carbons (Fsp3) is 0.280. The maximum atomic E-state index is 12.8. The third-order valence-corrected chi connectivity index (χ3v) is 7.64. The van der Waals surface area contributed by atoms with E-state index < -0.39 is 21.3 Å². The lowest BCUT2D eigenvalue weighted by Gasteiger charge is -2.26. The molecular formula is C25H29NO5S. The maximum Gasteiger partial charge on any atom is 0.196 e. The number of sulfone groups is 1. The van der Waals surface area contributed by atoms with Gasteiger partial charge >= 0.3 is 0 Å². The normalized spacial score (nSPS) is 14.8. The van der Waals surface area contributed by atoms with E-state index in [0.29, 0.717) is 6.42 Å². The van der Waals surface area contributed by atoms with Gasteiger partial charge in [0.05, 0.1) is 11.0 Å². The van der Waals surface area contributed by atoms with Crippen molar-refractivity contribution < 1.29 is 23.7 Å². The number of aliphatic hydroxyl groups is 1. The van der Waals surface area contributed by atoms with Gasteiger partial charge in [0.25, 0.3) is 0 Å². The number of phenols is 2. The van der Waals surface area contributed by atoms with Crippen LogP contribution in [-0.4, -0.2) is 35.2 Å². The van der Waals surface area contributed by atoms with Gasteiger partial charge in [-0.25, -0.2) is 8.42 Å². The Morgan fingerprint density at radius 3 is 1.72 bits per heavy atom. The van der Waals surface area contributed by atoms with Crippen LogP contribution < -0.4 is 5.73 Å². The number of aliphatic hydroxyl groups excluding tert-OH is 1. The van der Waals surface area contributed by atoms with Crippen LogP contribution in [0.1, 0.15) is 36.8 Å². The van der Waals surface area contributed by atoms with Crippen molar-refractivity contribution in [1.29, 1.82) is 0 Å². The van der Waals surface area contributed by atoms with Crippen molar-refractivity contribution in [2.75, 3.05) is 0 Å². The number of hydrogen-bond acceptors (Lipinski definition) is 6. The fourth-order valence-electron chi connectivity index (χ4n) is 3.90. The van der Waals surface area contributed by atoms with E-state index in [1.54, 1.807) is 42.5 Å². The van der Waals surface area contributed by atoms with Crippen LogP contribution in [0.15, 0.2) is 83.8 Å². The topological polar surface area (TPSA) is 121 Å². The van der Waals surface area contributed by atoms with Crippen molar-refractivity contribution in [3.63, 3.8) is 0 Å². The van der Waals surface area contributed by atoms with Crippen LogP contribution in [0.25, 0.3) is 0 Å². The molecule has 0 saturated carbocycles. The predicted molar refractivity (Wildman–Crippen MR) is 124 cm³/mol. The monoisotopic (exact) mass is 455 g/mol. The van der Waals surface area contributed by atoms with Crippen molar-refractivity contribution in [2.45, 2.75) is 42.1 Å². The Labute approximate surface area is 188 Å². The second-order valence-electron chi connectivity index (χ2n) is 8.20. The van der Waals surface area contributed by atoms with Crippen LogP contribution >= 0.6 is 0 Å². The van der Waals surface area contributed by atoms with Gasteiger partial charge in [0.1, 0.15) is 16.9 Å². The van der Waals surface area contributed by atoms with Gasteiger partial charge in [-0.05, 0) is 66.3 Å². The molecule has 0 aliphatic carbocycles. The second-order valence-corrected chi connectivity index (χ2v) is 10.3. The van der Waals surface area contributed by atoms with Gasteiger partial charge in [-0.3, -0.25) is 0 Å². The van der Waals surface area contributed by atoms with E-state index in [1.807, 2.05) is 31.2 Å². The fourth-order valence-corrected chi connectivity index (χ4v) is 5.27. The molecule has 0 aromatic heterocycles. The zero-order valence-electron chi connectivity index (χ0n) is 17.9. The lowest BCUT2D eigenvalue weighted by atomic mass is 9.82. The molecule has 0 amide bonds. The van der Waals surface area contributed by atoms with E-state index in [0.717, 1.165) is 11.1 Å². The maximum absolute atomic E-state index is 12.8. The summed E-state index contributed by atoms with van der Waals surface area (Å²) in [6, 6.07) is 21.7. The van der Waals surface area contributed by atoms with E-state index in [-0.39, 0.29) is 34.7 Å². The first kappa shape index (κ1) is 23.8. The molecule has 5 N–H and O–H groups in total. The number of nitrogens with two attached hydrogens (primary N) is 1. The van der Waals surface area contributed by atoms with Crippen molar-refractivity contribution in [1.82, 2.24) is 0 Å². The molecule has 0 bridgehead atoms. The minimum absolute atomic E-state index is 0.0605. The van der Waals surface area contributed by atoms with Crippen LogP contribution in [0.5, 0.6) is 11.5 Å². The number of benzene rings is 3. The van der Waals surface area contributed by atoms with Crippen molar-refractivity contribution in [3.8, 4) is 11.5 Å². The van der Waals surface area contributed by atoms with E-state index in [1.165, 1.54) is 12.1 Å². The highest BCUT2D eigenvalue weighted by Crippen LogP contribution is 2.34. The van der Waals surface area contributed by atoms with Gasteiger partial charge in [-0.1, -0.05) is 49.4 Å². The van der Waals surface area contributed by atoms with Crippen molar-refractivity contribution in [3.05, 3.63) is 90.0 Å². The highest BCUT2D eigenvalue weighted by Gasteiger charge is 2.32. The molecule has 32 heavy (non-hydrogen) atoms. The molecule has 0 spiro atoms. The Hall–Kier alpha value is -2.87. The molecule has 0 heterocycles. The summed E-state index contributed by atoms with van der Waals surface area (Å²) >= 11 is 0. The summed E-state index contributed by atoms with van der Waals surface area (Å²) in [5, 5.41) is 28.5. The molecule has 3 rings (SSSR count). The molecular weight excluding hydrogens is 426 g/mol. The molecule has 3 aromatic carbocycles. The van der Waals surface area contributed by atoms with Crippen LogP contribution in [0, 0.1) is 5.92 Å². The summed E-state index contributed by atoms with van der Waals surface area (Å²) in [6.45, 7) is 1.94. The summed E-state index contributed by atoms with van der Waals surface area (Å²) in [5.41, 5.74) is 7.91. The molecule has 2 unspecified atom stereocenters. The summed E-state index contributed by atoms with van der Waals surface area (Å²) < 4.78 is 25.5. The first-order chi connectivity index (χ1) is 15.2. The number of phenolic OH excluding ortho intramolecular Hbond substituents is 2. The zero-order valence-corrected chi connectivity index (χ0v) is 18.7. The minimum atomic E-state index is -3.85. The highest BCUT2D eigenvalue weighted by atomic mass is 32.2. The smallest absolute Gasteiger partial charge is 0.196 e. The van der Waals surface area contributed by atoms with Crippen LogP contribution in [0.2, 0.25) is 0 Å². The SMILES string of the molecule is CC(CC(c1ccc(O)cc1)c1ccc(O)cc1)C[C@H](O)C(N)S(=O)(=O)c1ccccc1. The first-order valence-electron chi connectivity index (χ1n) is 10.5. The van der Waals surface area contributed by atoms with Crippen molar-refractivity contribution in [2.24, 2.45) is 11.7 Å². The van der Waals surface area contributed by atoms with E-state index in [2.05, 4.69) is 0 Å². The summed E-state index contributed by atoms with van der Waals surface area (Å²) in [6.07, 6.45) is -0.402. The molecule has 3 aromatic rings. The summed E-state index contributed by atoms with van der Waals surface area (Å²) in [5.74, 6) is 0.201. The van der Waals surface area contributed by atoms with Crippen LogP contribution in [-0.2, 0) is 9.84 Å². The van der Waals surface area contributed by atoms with Gasteiger partial charge in [-0.2, -0.15) is 0 Å². The Kier molecular flexibility index (Phi) is 7.56. The second kappa shape index (κ2) is 10.2. The average molecular weight is 456 g/mol. The van der Waals surface area contributed by atoms with E-state index >= 15 is 0 Å². The highest BCUT2D eigenvalue weighted by molar-refractivity contribution is 7.92. The number of aromatic hydroxyl groups is 2. The van der Waals surface area contributed by atoms with E-state index in [4.69, 9.17) is 5.73 Å². The number of hydrogen-bond donors (Lipinski definition) is 4. The Balaban J connectivity index is 1.76. The van der Waals surface area contributed by atoms with Gasteiger partial charge in [0.2, 0.25) is 0 Å². The molecule has 0 fully saturated rings. The van der Waals surface area contributed by atoms with Crippen molar-refractivity contribution >= 4 is 9.84 Å². The minimum Gasteiger partial charge on any atom is -0.508 e. The molecule has 6 nitrogen and oxygen atoms in total. The van der Waals surface area contributed by atoms with Gasteiger partial charge in [-0.15, -0.1) is 0 Å². The Bertz CT molecular complexity index is 1050. The largest absolute Gasteiger partial charge is 0.508 e. The molecule has 3 atom stereocenters. The van der Waals surface area contributed by atoms with Crippen LogP contribution in [0.4, 0.5) is 0 Å². The molecule has 0 radical (unpaired) electrons.